The molecule has 0 radical (unpaired) electrons. The first-order valence-electron chi connectivity index (χ1n) is 8.57. The first-order valence-corrected chi connectivity index (χ1v) is 8.95. The van der Waals surface area contributed by atoms with Crippen LogP contribution < -0.4 is 4.90 Å². The van der Waals surface area contributed by atoms with Crippen molar-refractivity contribution in [3.63, 3.8) is 0 Å². The Labute approximate surface area is 155 Å². The molecule has 0 bridgehead atoms. The van der Waals surface area contributed by atoms with Gasteiger partial charge < -0.3 is 19.2 Å². The number of phenols is 1. The molecule has 0 saturated carbocycles. The third-order valence-corrected chi connectivity index (χ3v) is 5.05. The van der Waals surface area contributed by atoms with Crippen molar-refractivity contribution in [3.8, 4) is 5.75 Å². The van der Waals surface area contributed by atoms with Crippen LogP contribution in [0.15, 0.2) is 47.1 Å². The van der Waals surface area contributed by atoms with Crippen molar-refractivity contribution in [1.82, 2.24) is 0 Å². The standard InChI is InChI=1S/C20H18ClNO4/c21-14-3-1-13(2-4-14)20(24)16-12-26-18-6-5-17(23)15(19(16)18)11-22-7-9-25-10-8-22/h1-6,12,23H,7-11H2/p+1. The monoisotopic (exact) mass is 372 g/mol. The second-order valence-electron chi connectivity index (χ2n) is 6.46. The van der Waals surface area contributed by atoms with Gasteiger partial charge in [0.05, 0.1) is 24.3 Å². The maximum Gasteiger partial charge on any atom is 0.196 e. The van der Waals surface area contributed by atoms with Gasteiger partial charge in [-0.25, -0.2) is 0 Å². The van der Waals surface area contributed by atoms with Crippen LogP contribution in [0.5, 0.6) is 5.75 Å². The van der Waals surface area contributed by atoms with E-state index in [1.165, 1.54) is 11.2 Å². The molecule has 1 saturated heterocycles. The molecule has 1 aliphatic rings. The van der Waals surface area contributed by atoms with Crippen LogP contribution in [-0.4, -0.2) is 37.2 Å². The molecule has 3 aromatic rings. The van der Waals surface area contributed by atoms with Gasteiger partial charge >= 0.3 is 0 Å². The number of halogens is 1. The Morgan fingerprint density at radius 3 is 2.58 bits per heavy atom. The van der Waals surface area contributed by atoms with E-state index in [2.05, 4.69) is 0 Å². The Morgan fingerprint density at radius 2 is 1.85 bits per heavy atom. The van der Waals surface area contributed by atoms with E-state index in [9.17, 15) is 9.90 Å². The van der Waals surface area contributed by atoms with Gasteiger partial charge in [-0.2, -0.15) is 0 Å². The highest BCUT2D eigenvalue weighted by Gasteiger charge is 2.24. The maximum absolute atomic E-state index is 13.0. The van der Waals surface area contributed by atoms with Crippen LogP contribution >= 0.6 is 11.6 Å². The number of phenolic OH excluding ortho intramolecular Hbond substituents is 1. The fourth-order valence-corrected chi connectivity index (χ4v) is 3.51. The number of morpholine rings is 1. The molecule has 2 aromatic carbocycles. The number of hydrogen-bond acceptors (Lipinski definition) is 4. The van der Waals surface area contributed by atoms with Gasteiger partial charge in [0, 0.05) is 16.0 Å². The number of ketones is 1. The van der Waals surface area contributed by atoms with E-state index in [1.807, 2.05) is 0 Å². The molecule has 6 heteroatoms. The summed E-state index contributed by atoms with van der Waals surface area (Å²) in [7, 11) is 0. The zero-order valence-electron chi connectivity index (χ0n) is 14.1. The molecular weight excluding hydrogens is 354 g/mol. The van der Waals surface area contributed by atoms with Gasteiger partial charge in [0.2, 0.25) is 0 Å². The zero-order valence-corrected chi connectivity index (χ0v) is 14.9. The SMILES string of the molecule is O=C(c1ccc(Cl)cc1)c1coc2ccc(O)c(C[NH+]3CCOCC3)c12. The Kier molecular flexibility index (Phi) is 4.68. The average Bonchev–Trinajstić information content (AvgIpc) is 3.09. The molecule has 5 nitrogen and oxygen atoms in total. The molecule has 0 atom stereocenters. The quantitative estimate of drug-likeness (QED) is 0.690. The van der Waals surface area contributed by atoms with E-state index in [0.717, 1.165) is 18.7 Å². The highest BCUT2D eigenvalue weighted by atomic mass is 35.5. The second-order valence-corrected chi connectivity index (χ2v) is 6.90. The number of fused-ring (bicyclic) bond motifs is 1. The van der Waals surface area contributed by atoms with Crippen LogP contribution in [0, 0.1) is 0 Å². The molecule has 0 unspecified atom stereocenters. The van der Waals surface area contributed by atoms with Crippen LogP contribution in [-0.2, 0) is 11.3 Å². The van der Waals surface area contributed by atoms with Crippen LogP contribution in [0.2, 0.25) is 5.02 Å². The summed E-state index contributed by atoms with van der Waals surface area (Å²) < 4.78 is 11.0. The lowest BCUT2D eigenvalue weighted by molar-refractivity contribution is -0.921. The summed E-state index contributed by atoms with van der Waals surface area (Å²) in [6.45, 7) is 3.76. The predicted octanol–water partition coefficient (Wildman–Crippen LogP) is 2.44. The minimum absolute atomic E-state index is 0.149. The number of furan rings is 1. The fourth-order valence-electron chi connectivity index (χ4n) is 3.38. The molecule has 0 amide bonds. The van der Waals surface area contributed by atoms with Crippen molar-refractivity contribution < 1.29 is 24.0 Å². The van der Waals surface area contributed by atoms with Gasteiger partial charge in [-0.3, -0.25) is 4.79 Å². The normalized spacial score (nSPS) is 15.4. The Balaban J connectivity index is 1.76. The summed E-state index contributed by atoms with van der Waals surface area (Å²) in [5.74, 6) is 0.0345. The minimum atomic E-state index is -0.149. The number of ether oxygens (including phenoxy) is 1. The molecule has 1 aliphatic heterocycles. The van der Waals surface area contributed by atoms with Gasteiger partial charge in [0.1, 0.15) is 37.2 Å². The molecule has 26 heavy (non-hydrogen) atoms. The van der Waals surface area contributed by atoms with Crippen molar-refractivity contribution in [3.05, 3.63) is 64.4 Å². The van der Waals surface area contributed by atoms with Gasteiger partial charge in [-0.1, -0.05) is 11.6 Å². The molecule has 1 fully saturated rings. The highest BCUT2D eigenvalue weighted by molar-refractivity contribution is 6.30. The van der Waals surface area contributed by atoms with E-state index in [1.54, 1.807) is 36.4 Å². The summed E-state index contributed by atoms with van der Waals surface area (Å²) in [5.41, 5.74) is 2.33. The van der Waals surface area contributed by atoms with E-state index in [0.29, 0.717) is 46.9 Å². The molecule has 134 valence electrons. The number of aromatic hydroxyl groups is 1. The average molecular weight is 373 g/mol. The summed E-state index contributed by atoms with van der Waals surface area (Å²) in [4.78, 5) is 14.3. The number of hydrogen-bond donors (Lipinski definition) is 2. The van der Waals surface area contributed by atoms with Gasteiger partial charge in [0.25, 0.3) is 0 Å². The van der Waals surface area contributed by atoms with Crippen LogP contribution in [0.3, 0.4) is 0 Å². The Hall–Kier alpha value is -2.34. The number of rotatable bonds is 4. The van der Waals surface area contributed by atoms with Crippen LogP contribution in [0.25, 0.3) is 11.0 Å². The van der Waals surface area contributed by atoms with Gasteiger partial charge in [-0.05, 0) is 36.4 Å². The molecule has 4 rings (SSSR count). The maximum atomic E-state index is 13.0. The Bertz CT molecular complexity index is 942. The number of carbonyl (C=O) groups excluding carboxylic acids is 1. The lowest BCUT2D eigenvalue weighted by Crippen LogP contribution is -3.12. The summed E-state index contributed by atoms with van der Waals surface area (Å²) in [6.07, 6.45) is 1.47. The zero-order chi connectivity index (χ0) is 18.1. The van der Waals surface area contributed by atoms with Gasteiger partial charge in [-0.15, -0.1) is 0 Å². The molecule has 1 aromatic heterocycles. The Morgan fingerprint density at radius 1 is 1.12 bits per heavy atom. The van der Waals surface area contributed by atoms with Crippen molar-refractivity contribution in [2.24, 2.45) is 0 Å². The first kappa shape index (κ1) is 17.1. The minimum Gasteiger partial charge on any atom is -0.507 e. The van der Waals surface area contributed by atoms with E-state index >= 15 is 0 Å². The number of quaternary nitrogens is 1. The lowest BCUT2D eigenvalue weighted by atomic mass is 9.98. The lowest BCUT2D eigenvalue weighted by Gasteiger charge is -2.24. The summed E-state index contributed by atoms with van der Waals surface area (Å²) in [6, 6.07) is 10.1. The molecule has 0 aliphatic carbocycles. The third-order valence-electron chi connectivity index (χ3n) is 4.80. The summed E-state index contributed by atoms with van der Waals surface area (Å²) in [5, 5.41) is 11.7. The molecule has 2 N–H and O–H groups in total. The third kappa shape index (κ3) is 3.21. The topological polar surface area (TPSA) is 64.1 Å². The largest absolute Gasteiger partial charge is 0.507 e. The van der Waals surface area contributed by atoms with Crippen LogP contribution in [0.4, 0.5) is 0 Å². The molecular formula is C20H19ClNO4+. The number of nitrogens with one attached hydrogen (secondary N) is 1. The smallest absolute Gasteiger partial charge is 0.196 e. The van der Waals surface area contributed by atoms with E-state index < -0.39 is 0 Å². The first-order chi connectivity index (χ1) is 12.6. The molecule has 2 heterocycles. The van der Waals surface area contributed by atoms with Crippen LogP contribution in [0.1, 0.15) is 21.5 Å². The molecule has 0 spiro atoms. The fraction of sp³-hybridized carbons (Fsp3) is 0.250. The predicted molar refractivity (Wildman–Crippen MR) is 98.0 cm³/mol. The van der Waals surface area contributed by atoms with Crippen molar-refractivity contribution in [2.75, 3.05) is 26.3 Å². The van der Waals surface area contributed by atoms with Crippen molar-refractivity contribution in [2.45, 2.75) is 6.54 Å². The van der Waals surface area contributed by atoms with E-state index in [-0.39, 0.29) is 11.5 Å². The van der Waals surface area contributed by atoms with E-state index in [4.69, 9.17) is 20.8 Å². The van der Waals surface area contributed by atoms with Gasteiger partial charge in [0.15, 0.2) is 5.78 Å². The number of benzene rings is 2. The summed E-state index contributed by atoms with van der Waals surface area (Å²) >= 11 is 5.91. The van der Waals surface area contributed by atoms with Crippen molar-refractivity contribution in [1.29, 1.82) is 0 Å². The number of carbonyl (C=O) groups is 1. The second kappa shape index (κ2) is 7.11. The highest BCUT2D eigenvalue weighted by Crippen LogP contribution is 2.32. The van der Waals surface area contributed by atoms with Crippen molar-refractivity contribution >= 4 is 28.4 Å².